The zero-order valence-corrected chi connectivity index (χ0v) is 8.96. The largest absolute Gasteiger partial charge is 0.384 e. The van der Waals surface area contributed by atoms with Crippen LogP contribution in [0.5, 0.6) is 0 Å². The predicted molar refractivity (Wildman–Crippen MR) is 59.6 cm³/mol. The number of hydrogen-bond acceptors (Lipinski definition) is 2. The summed E-state index contributed by atoms with van der Waals surface area (Å²) in [6, 6.07) is 5.89. The van der Waals surface area contributed by atoms with Crippen molar-refractivity contribution in [2.45, 2.75) is 13.5 Å². The lowest BCUT2D eigenvalue weighted by atomic mass is 10.0. The van der Waals surface area contributed by atoms with E-state index in [-0.39, 0.29) is 5.84 Å². The minimum absolute atomic E-state index is 0.129. The number of benzene rings is 1. The average molecular weight is 191 g/mol. The Bertz CT molecular complexity index is 342. The minimum atomic E-state index is 0.129. The topological polar surface area (TPSA) is 53.1 Å². The number of nitrogens with one attached hydrogen (secondary N) is 1. The number of rotatable bonds is 3. The van der Waals surface area contributed by atoms with Crippen LogP contribution in [0.4, 0.5) is 0 Å². The molecule has 0 aliphatic heterocycles. The molecule has 0 aliphatic carbocycles. The van der Waals surface area contributed by atoms with Gasteiger partial charge in [-0.05, 0) is 38.2 Å². The molecule has 3 heteroatoms. The average Bonchev–Trinajstić information content (AvgIpc) is 2.07. The third kappa shape index (κ3) is 2.57. The monoisotopic (exact) mass is 191 g/mol. The second-order valence-electron chi connectivity index (χ2n) is 3.79. The fraction of sp³-hybridized carbons (Fsp3) is 0.364. The van der Waals surface area contributed by atoms with Gasteiger partial charge in [-0.1, -0.05) is 12.1 Å². The van der Waals surface area contributed by atoms with Crippen molar-refractivity contribution in [2.75, 3.05) is 14.1 Å². The van der Waals surface area contributed by atoms with Crippen LogP contribution in [0.3, 0.4) is 0 Å². The molecule has 1 aromatic carbocycles. The second kappa shape index (κ2) is 4.24. The lowest BCUT2D eigenvalue weighted by molar-refractivity contribution is 0.401. The second-order valence-corrected chi connectivity index (χ2v) is 3.79. The van der Waals surface area contributed by atoms with Crippen LogP contribution >= 0.6 is 0 Å². The van der Waals surface area contributed by atoms with Crippen LogP contribution in [0.15, 0.2) is 18.2 Å². The van der Waals surface area contributed by atoms with E-state index in [1.165, 1.54) is 11.1 Å². The number of aryl methyl sites for hydroxylation is 1. The maximum Gasteiger partial charge on any atom is 0.122 e. The van der Waals surface area contributed by atoms with Crippen molar-refractivity contribution >= 4 is 5.84 Å². The molecular weight excluding hydrogens is 174 g/mol. The van der Waals surface area contributed by atoms with Crippen LogP contribution in [-0.2, 0) is 6.54 Å². The molecule has 0 spiro atoms. The van der Waals surface area contributed by atoms with E-state index in [9.17, 15) is 0 Å². The van der Waals surface area contributed by atoms with Crippen LogP contribution in [0.1, 0.15) is 16.7 Å². The number of hydrogen-bond donors (Lipinski definition) is 2. The van der Waals surface area contributed by atoms with E-state index in [2.05, 4.69) is 4.90 Å². The van der Waals surface area contributed by atoms with Gasteiger partial charge < -0.3 is 10.6 Å². The number of nitrogen functional groups attached to an aromatic ring is 1. The first kappa shape index (κ1) is 10.7. The van der Waals surface area contributed by atoms with Crippen LogP contribution in [0, 0.1) is 12.3 Å². The quantitative estimate of drug-likeness (QED) is 0.559. The summed E-state index contributed by atoms with van der Waals surface area (Å²) in [5, 5.41) is 7.31. The summed E-state index contributed by atoms with van der Waals surface area (Å²) in [6.07, 6.45) is 0. The smallest absolute Gasteiger partial charge is 0.122 e. The molecule has 0 aliphatic rings. The molecule has 0 bridgehead atoms. The highest BCUT2D eigenvalue weighted by atomic mass is 15.0. The Kier molecular flexibility index (Phi) is 3.25. The Labute approximate surface area is 85.0 Å². The third-order valence-electron chi connectivity index (χ3n) is 2.14. The normalized spacial score (nSPS) is 10.6. The molecule has 76 valence electrons. The summed E-state index contributed by atoms with van der Waals surface area (Å²) in [6.45, 7) is 2.97. The van der Waals surface area contributed by atoms with Crippen molar-refractivity contribution < 1.29 is 0 Å². The molecule has 3 N–H and O–H groups in total. The minimum Gasteiger partial charge on any atom is -0.384 e. The van der Waals surface area contributed by atoms with Crippen LogP contribution in [-0.4, -0.2) is 24.8 Å². The zero-order valence-electron chi connectivity index (χ0n) is 8.96. The van der Waals surface area contributed by atoms with Gasteiger partial charge in [0.2, 0.25) is 0 Å². The summed E-state index contributed by atoms with van der Waals surface area (Å²) in [5.41, 5.74) is 8.67. The van der Waals surface area contributed by atoms with E-state index in [1.54, 1.807) is 0 Å². The number of nitrogens with two attached hydrogens (primary N) is 1. The number of nitrogens with zero attached hydrogens (tertiary/aromatic N) is 1. The van der Waals surface area contributed by atoms with Gasteiger partial charge in [0.1, 0.15) is 5.84 Å². The highest BCUT2D eigenvalue weighted by molar-refractivity contribution is 5.95. The molecule has 0 aromatic heterocycles. The van der Waals surface area contributed by atoms with Crippen molar-refractivity contribution in [3.05, 3.63) is 34.9 Å². The Hall–Kier alpha value is -1.35. The molecule has 0 unspecified atom stereocenters. The van der Waals surface area contributed by atoms with E-state index < -0.39 is 0 Å². The van der Waals surface area contributed by atoms with E-state index in [0.717, 1.165) is 12.1 Å². The molecule has 14 heavy (non-hydrogen) atoms. The highest BCUT2D eigenvalue weighted by Crippen LogP contribution is 2.12. The fourth-order valence-corrected chi connectivity index (χ4v) is 1.38. The molecule has 3 nitrogen and oxygen atoms in total. The first-order valence-electron chi connectivity index (χ1n) is 4.59. The first-order valence-corrected chi connectivity index (χ1v) is 4.59. The Morgan fingerprint density at radius 3 is 2.50 bits per heavy atom. The van der Waals surface area contributed by atoms with Crippen molar-refractivity contribution in [3.8, 4) is 0 Å². The predicted octanol–water partition coefficient (Wildman–Crippen LogP) is 1.34. The van der Waals surface area contributed by atoms with E-state index in [0.29, 0.717) is 0 Å². The van der Waals surface area contributed by atoms with Gasteiger partial charge in [-0.2, -0.15) is 0 Å². The fourth-order valence-electron chi connectivity index (χ4n) is 1.38. The van der Waals surface area contributed by atoms with Crippen molar-refractivity contribution in [3.63, 3.8) is 0 Å². The maximum absolute atomic E-state index is 7.31. The van der Waals surface area contributed by atoms with Gasteiger partial charge in [-0.15, -0.1) is 0 Å². The summed E-state index contributed by atoms with van der Waals surface area (Å²) >= 11 is 0. The Balaban J connectivity index is 2.95. The molecule has 0 saturated heterocycles. The lowest BCUT2D eigenvalue weighted by Gasteiger charge is -2.12. The Morgan fingerprint density at radius 2 is 2.07 bits per heavy atom. The van der Waals surface area contributed by atoms with Gasteiger partial charge >= 0.3 is 0 Å². The molecular formula is C11H17N3. The molecule has 0 atom stereocenters. The Morgan fingerprint density at radius 1 is 1.43 bits per heavy atom. The SMILES string of the molecule is Cc1cc(C(=N)N)ccc1CN(C)C. The first-order chi connectivity index (χ1) is 6.50. The van der Waals surface area contributed by atoms with Crippen LogP contribution in [0.2, 0.25) is 0 Å². The van der Waals surface area contributed by atoms with Gasteiger partial charge in [0.25, 0.3) is 0 Å². The summed E-state index contributed by atoms with van der Waals surface area (Å²) in [4.78, 5) is 2.12. The maximum atomic E-state index is 7.31. The summed E-state index contributed by atoms with van der Waals surface area (Å²) in [5.74, 6) is 0.129. The molecule has 0 radical (unpaired) electrons. The van der Waals surface area contributed by atoms with Gasteiger partial charge in [-0.3, -0.25) is 5.41 Å². The third-order valence-corrected chi connectivity index (χ3v) is 2.14. The van der Waals surface area contributed by atoms with Crippen molar-refractivity contribution in [1.82, 2.24) is 4.90 Å². The standard InChI is InChI=1S/C11H17N3/c1-8-6-9(11(12)13)4-5-10(8)7-14(2)3/h4-6H,7H2,1-3H3,(H3,12,13). The van der Waals surface area contributed by atoms with Crippen LogP contribution in [0.25, 0.3) is 0 Å². The zero-order chi connectivity index (χ0) is 10.7. The van der Waals surface area contributed by atoms with Gasteiger partial charge in [-0.25, -0.2) is 0 Å². The van der Waals surface area contributed by atoms with Crippen molar-refractivity contribution in [2.24, 2.45) is 5.73 Å². The van der Waals surface area contributed by atoms with Gasteiger partial charge in [0.15, 0.2) is 0 Å². The van der Waals surface area contributed by atoms with Crippen LogP contribution < -0.4 is 5.73 Å². The molecule has 0 heterocycles. The summed E-state index contributed by atoms with van der Waals surface area (Å²) in [7, 11) is 4.08. The van der Waals surface area contributed by atoms with E-state index in [1.807, 2.05) is 39.2 Å². The van der Waals surface area contributed by atoms with Gasteiger partial charge in [0, 0.05) is 12.1 Å². The van der Waals surface area contributed by atoms with Crippen molar-refractivity contribution in [1.29, 1.82) is 5.41 Å². The number of amidine groups is 1. The molecule has 1 rings (SSSR count). The van der Waals surface area contributed by atoms with Gasteiger partial charge in [0.05, 0.1) is 0 Å². The van der Waals surface area contributed by atoms with E-state index in [4.69, 9.17) is 11.1 Å². The lowest BCUT2D eigenvalue weighted by Crippen LogP contribution is -2.14. The highest BCUT2D eigenvalue weighted by Gasteiger charge is 2.02. The molecule has 0 saturated carbocycles. The molecule has 0 fully saturated rings. The summed E-state index contributed by atoms with van der Waals surface area (Å²) < 4.78 is 0. The molecule has 0 amide bonds. The molecule has 1 aromatic rings. The van der Waals surface area contributed by atoms with E-state index >= 15 is 0 Å².